The first-order valence-corrected chi connectivity index (χ1v) is 8.77. The summed E-state index contributed by atoms with van der Waals surface area (Å²) in [4.78, 5) is 0.263. The van der Waals surface area contributed by atoms with Crippen LogP contribution in [0, 0.1) is 6.92 Å². The van der Waals surface area contributed by atoms with E-state index in [1.807, 2.05) is 31.2 Å². The molecule has 0 unspecified atom stereocenters. The van der Waals surface area contributed by atoms with Crippen LogP contribution in [0.4, 0.5) is 5.69 Å². The van der Waals surface area contributed by atoms with Crippen LogP contribution in [0.3, 0.4) is 0 Å². The van der Waals surface area contributed by atoms with Crippen molar-refractivity contribution in [2.24, 2.45) is 0 Å². The molecule has 0 saturated carbocycles. The van der Waals surface area contributed by atoms with Gasteiger partial charge in [-0.3, -0.25) is 4.72 Å². The van der Waals surface area contributed by atoms with Gasteiger partial charge in [-0.15, -0.1) is 11.6 Å². The van der Waals surface area contributed by atoms with Crippen molar-refractivity contribution in [3.05, 3.63) is 59.7 Å². The van der Waals surface area contributed by atoms with Gasteiger partial charge in [0.25, 0.3) is 10.0 Å². The minimum atomic E-state index is -3.54. The summed E-state index contributed by atoms with van der Waals surface area (Å²) < 4.78 is 27.2. The molecule has 0 bridgehead atoms. The first kappa shape index (κ1) is 15.9. The van der Waals surface area contributed by atoms with Gasteiger partial charge >= 0.3 is 0 Å². The Morgan fingerprint density at radius 3 is 2.43 bits per heavy atom. The number of sulfonamides is 1. The van der Waals surface area contributed by atoms with Gasteiger partial charge in [-0.25, -0.2) is 8.42 Å². The van der Waals surface area contributed by atoms with E-state index >= 15 is 0 Å². The number of hydrogen-bond acceptors (Lipinski definition) is 2. The predicted octanol–water partition coefficient (Wildman–Crippen LogP) is 3.97. The van der Waals surface area contributed by atoms with Crippen LogP contribution in [0.1, 0.15) is 17.5 Å². The Bertz CT molecular complexity index is 696. The molecule has 112 valence electrons. The molecule has 0 spiro atoms. The van der Waals surface area contributed by atoms with Gasteiger partial charge in [-0.1, -0.05) is 24.3 Å². The van der Waals surface area contributed by atoms with Crippen molar-refractivity contribution in [1.82, 2.24) is 0 Å². The lowest BCUT2D eigenvalue weighted by molar-refractivity contribution is 0.601. The minimum Gasteiger partial charge on any atom is -0.280 e. The first-order chi connectivity index (χ1) is 10.0. The number of hydrogen-bond donors (Lipinski definition) is 1. The second-order valence-corrected chi connectivity index (χ2v) is 6.97. The molecule has 0 aromatic heterocycles. The maximum absolute atomic E-state index is 12.3. The molecule has 2 rings (SSSR count). The van der Waals surface area contributed by atoms with Crippen LogP contribution in [0.2, 0.25) is 0 Å². The number of nitrogens with one attached hydrogen (secondary N) is 1. The fourth-order valence-corrected chi connectivity index (χ4v) is 3.21. The van der Waals surface area contributed by atoms with Crippen LogP contribution in [-0.2, 0) is 16.4 Å². The standard InChI is InChI=1S/C16H18ClNO2S/c1-13-4-2-6-15(12-13)18-21(19,20)16-9-7-14(8-10-16)5-3-11-17/h2,4,6-10,12,18H,3,5,11H2,1H3. The molecular weight excluding hydrogens is 306 g/mol. The molecule has 0 radical (unpaired) electrons. The molecule has 2 aromatic rings. The maximum atomic E-state index is 12.3. The molecule has 0 saturated heterocycles. The van der Waals surface area contributed by atoms with Crippen LogP contribution >= 0.6 is 11.6 Å². The summed E-state index contributed by atoms with van der Waals surface area (Å²) in [6.07, 6.45) is 1.74. The van der Waals surface area contributed by atoms with E-state index in [-0.39, 0.29) is 4.90 Å². The smallest absolute Gasteiger partial charge is 0.261 e. The average Bonchev–Trinajstić information content (AvgIpc) is 2.45. The predicted molar refractivity (Wildman–Crippen MR) is 87.5 cm³/mol. The Labute approximate surface area is 131 Å². The van der Waals surface area contributed by atoms with Crippen molar-refractivity contribution in [2.75, 3.05) is 10.6 Å². The number of rotatable bonds is 6. The van der Waals surface area contributed by atoms with Crippen molar-refractivity contribution >= 4 is 27.3 Å². The van der Waals surface area contributed by atoms with E-state index in [0.29, 0.717) is 11.6 Å². The van der Waals surface area contributed by atoms with Crippen LogP contribution in [0.25, 0.3) is 0 Å². The highest BCUT2D eigenvalue weighted by atomic mass is 35.5. The van der Waals surface area contributed by atoms with Gasteiger partial charge in [-0.05, 0) is 55.2 Å². The van der Waals surface area contributed by atoms with Crippen LogP contribution in [0.5, 0.6) is 0 Å². The van der Waals surface area contributed by atoms with Gasteiger partial charge < -0.3 is 0 Å². The lowest BCUT2D eigenvalue weighted by Gasteiger charge is -2.09. The highest BCUT2D eigenvalue weighted by Crippen LogP contribution is 2.18. The van der Waals surface area contributed by atoms with Crippen molar-refractivity contribution in [2.45, 2.75) is 24.7 Å². The van der Waals surface area contributed by atoms with Gasteiger partial charge in [0.2, 0.25) is 0 Å². The Kier molecular flexibility index (Phi) is 5.26. The van der Waals surface area contributed by atoms with Crippen molar-refractivity contribution in [1.29, 1.82) is 0 Å². The zero-order valence-corrected chi connectivity index (χ0v) is 13.4. The van der Waals surface area contributed by atoms with Crippen molar-refractivity contribution < 1.29 is 8.42 Å². The molecule has 0 aliphatic carbocycles. The maximum Gasteiger partial charge on any atom is 0.261 e. The van der Waals surface area contributed by atoms with Crippen LogP contribution in [0.15, 0.2) is 53.4 Å². The topological polar surface area (TPSA) is 46.2 Å². The normalized spacial score (nSPS) is 11.3. The Morgan fingerprint density at radius 2 is 1.81 bits per heavy atom. The number of aryl methyl sites for hydroxylation is 2. The molecule has 5 heteroatoms. The van der Waals surface area contributed by atoms with E-state index in [0.717, 1.165) is 24.0 Å². The molecule has 0 fully saturated rings. The third-order valence-electron chi connectivity index (χ3n) is 3.10. The number of halogens is 1. The van der Waals surface area contributed by atoms with Crippen LogP contribution < -0.4 is 4.72 Å². The first-order valence-electron chi connectivity index (χ1n) is 6.76. The molecular formula is C16H18ClNO2S. The molecule has 3 nitrogen and oxygen atoms in total. The largest absolute Gasteiger partial charge is 0.280 e. The average molecular weight is 324 g/mol. The van der Waals surface area contributed by atoms with E-state index in [1.54, 1.807) is 24.3 Å². The second-order valence-electron chi connectivity index (χ2n) is 4.91. The zero-order valence-electron chi connectivity index (χ0n) is 11.8. The second kappa shape index (κ2) is 6.96. The van der Waals surface area contributed by atoms with Gasteiger partial charge in [0.1, 0.15) is 0 Å². The summed E-state index contributed by atoms with van der Waals surface area (Å²) in [7, 11) is -3.54. The zero-order chi connectivity index (χ0) is 15.3. The molecule has 2 aromatic carbocycles. The summed E-state index contributed by atoms with van der Waals surface area (Å²) in [6, 6.07) is 14.2. The van der Waals surface area contributed by atoms with E-state index in [2.05, 4.69) is 4.72 Å². The summed E-state index contributed by atoms with van der Waals surface area (Å²) >= 11 is 5.65. The van der Waals surface area contributed by atoms with E-state index in [4.69, 9.17) is 11.6 Å². The monoisotopic (exact) mass is 323 g/mol. The summed E-state index contributed by atoms with van der Waals surface area (Å²) in [6.45, 7) is 1.92. The number of alkyl halides is 1. The molecule has 21 heavy (non-hydrogen) atoms. The lowest BCUT2D eigenvalue weighted by Crippen LogP contribution is -2.13. The molecule has 0 aliphatic heterocycles. The van der Waals surface area contributed by atoms with Gasteiger partial charge in [0.05, 0.1) is 4.90 Å². The van der Waals surface area contributed by atoms with E-state index < -0.39 is 10.0 Å². The van der Waals surface area contributed by atoms with Gasteiger partial charge in [0, 0.05) is 11.6 Å². The Hall–Kier alpha value is -1.52. The van der Waals surface area contributed by atoms with E-state index in [1.165, 1.54) is 0 Å². The third-order valence-corrected chi connectivity index (χ3v) is 4.77. The quantitative estimate of drug-likeness (QED) is 0.818. The molecule has 0 heterocycles. The molecule has 0 amide bonds. The summed E-state index contributed by atoms with van der Waals surface area (Å²) in [5.74, 6) is 0.606. The summed E-state index contributed by atoms with van der Waals surface area (Å²) in [5.41, 5.74) is 2.66. The Balaban J connectivity index is 2.15. The van der Waals surface area contributed by atoms with Crippen molar-refractivity contribution in [3.63, 3.8) is 0 Å². The number of benzene rings is 2. The molecule has 0 aliphatic rings. The minimum absolute atomic E-state index is 0.263. The van der Waals surface area contributed by atoms with E-state index in [9.17, 15) is 8.42 Å². The molecule has 0 atom stereocenters. The fourth-order valence-electron chi connectivity index (χ4n) is 2.03. The van der Waals surface area contributed by atoms with Gasteiger partial charge in [-0.2, -0.15) is 0 Å². The third kappa shape index (κ3) is 4.48. The number of anilines is 1. The molecule has 1 N–H and O–H groups in total. The Morgan fingerprint density at radius 1 is 1.10 bits per heavy atom. The van der Waals surface area contributed by atoms with Crippen LogP contribution in [-0.4, -0.2) is 14.3 Å². The lowest BCUT2D eigenvalue weighted by atomic mass is 10.1. The summed E-state index contributed by atoms with van der Waals surface area (Å²) in [5, 5.41) is 0. The van der Waals surface area contributed by atoms with Crippen molar-refractivity contribution in [3.8, 4) is 0 Å². The van der Waals surface area contributed by atoms with Gasteiger partial charge in [0.15, 0.2) is 0 Å². The fraction of sp³-hybridized carbons (Fsp3) is 0.250. The highest BCUT2D eigenvalue weighted by molar-refractivity contribution is 7.92. The SMILES string of the molecule is Cc1cccc(NS(=O)(=O)c2ccc(CCCCl)cc2)c1. The highest BCUT2D eigenvalue weighted by Gasteiger charge is 2.13.